The van der Waals surface area contributed by atoms with Crippen molar-refractivity contribution < 1.29 is 9.90 Å². The van der Waals surface area contributed by atoms with Crippen LogP contribution in [0.4, 0.5) is 0 Å². The van der Waals surface area contributed by atoms with E-state index in [1.54, 1.807) is 23.0 Å². The average Bonchev–Trinajstić information content (AvgIpc) is 3.04. The molecule has 1 aliphatic rings. The van der Waals surface area contributed by atoms with Gasteiger partial charge in [0.15, 0.2) is 5.78 Å². The first-order valence-electron chi connectivity index (χ1n) is 9.39. The van der Waals surface area contributed by atoms with Crippen molar-refractivity contribution in [2.75, 3.05) is 0 Å². The van der Waals surface area contributed by atoms with E-state index in [4.69, 9.17) is 11.6 Å². The Morgan fingerprint density at radius 2 is 2.11 bits per heavy atom. The topological polar surface area (TPSA) is 67.5 Å². The van der Waals surface area contributed by atoms with Crippen molar-refractivity contribution in [1.82, 2.24) is 14.6 Å². The fourth-order valence-corrected chi connectivity index (χ4v) is 4.06. The van der Waals surface area contributed by atoms with Gasteiger partial charge in [-0.15, -0.1) is 0 Å². The van der Waals surface area contributed by atoms with Gasteiger partial charge in [0.1, 0.15) is 10.8 Å². The van der Waals surface area contributed by atoms with Crippen LogP contribution in [0.15, 0.2) is 42.7 Å². The smallest absolute Gasteiger partial charge is 0.181 e. The molecule has 0 aliphatic heterocycles. The predicted octanol–water partition coefficient (Wildman–Crippen LogP) is 4.10. The van der Waals surface area contributed by atoms with Gasteiger partial charge < -0.3 is 5.11 Å². The van der Waals surface area contributed by atoms with Gasteiger partial charge in [-0.3, -0.25) is 4.79 Å². The van der Waals surface area contributed by atoms with Crippen molar-refractivity contribution in [1.29, 1.82) is 0 Å². The number of halogens is 1. The SMILES string of the molecule is O=C(C[C@H]1CCCC[C@@H]1O)c1cc(Cc2ccc(Cl)nc2)c2cccnn12. The third kappa shape index (κ3) is 3.89. The number of nitrogens with zero attached hydrogens (tertiary/aromatic N) is 3. The summed E-state index contributed by atoms with van der Waals surface area (Å²) in [6.07, 6.45) is 7.91. The highest BCUT2D eigenvalue weighted by molar-refractivity contribution is 6.29. The molecule has 0 spiro atoms. The molecule has 1 N–H and O–H groups in total. The fourth-order valence-electron chi connectivity index (χ4n) is 3.95. The largest absolute Gasteiger partial charge is 0.393 e. The number of fused-ring (bicyclic) bond motifs is 1. The first-order valence-corrected chi connectivity index (χ1v) is 9.77. The number of aliphatic hydroxyl groups excluding tert-OH is 1. The Morgan fingerprint density at radius 1 is 1.26 bits per heavy atom. The molecule has 2 atom stereocenters. The van der Waals surface area contributed by atoms with E-state index >= 15 is 0 Å². The Bertz CT molecular complexity index is 952. The second-order valence-electron chi connectivity index (χ2n) is 7.28. The van der Waals surface area contributed by atoms with E-state index in [2.05, 4.69) is 10.1 Å². The zero-order chi connectivity index (χ0) is 18.8. The summed E-state index contributed by atoms with van der Waals surface area (Å²) in [5.41, 5.74) is 3.55. The zero-order valence-electron chi connectivity index (χ0n) is 15.0. The van der Waals surface area contributed by atoms with Crippen molar-refractivity contribution in [3.8, 4) is 0 Å². The quantitative estimate of drug-likeness (QED) is 0.532. The molecule has 1 fully saturated rings. The first-order chi connectivity index (χ1) is 13.1. The van der Waals surface area contributed by atoms with Gasteiger partial charge in [0, 0.05) is 25.2 Å². The van der Waals surface area contributed by atoms with Crippen LogP contribution in [0.5, 0.6) is 0 Å². The van der Waals surface area contributed by atoms with Gasteiger partial charge in [-0.05, 0) is 54.2 Å². The minimum atomic E-state index is -0.374. The van der Waals surface area contributed by atoms with Crippen LogP contribution in [0.1, 0.15) is 53.7 Å². The van der Waals surface area contributed by atoms with Gasteiger partial charge in [-0.2, -0.15) is 5.10 Å². The van der Waals surface area contributed by atoms with Gasteiger partial charge >= 0.3 is 0 Å². The molecular weight excluding hydrogens is 362 g/mol. The van der Waals surface area contributed by atoms with Crippen LogP contribution >= 0.6 is 11.6 Å². The van der Waals surface area contributed by atoms with E-state index in [0.717, 1.165) is 42.3 Å². The van der Waals surface area contributed by atoms with Gasteiger partial charge in [0.05, 0.1) is 11.6 Å². The van der Waals surface area contributed by atoms with E-state index in [0.29, 0.717) is 23.7 Å². The molecule has 3 aromatic heterocycles. The standard InChI is InChI=1S/C21H22ClN3O2/c22-21-8-7-14(13-23-21)10-16-11-18(25-17(16)5-3-9-24-25)20(27)12-15-4-1-2-6-19(15)26/h3,5,7-9,11,13,15,19,26H,1-2,4,6,10,12H2/t15-,19+/m1/s1. The molecule has 0 unspecified atom stereocenters. The summed E-state index contributed by atoms with van der Waals surface area (Å²) < 4.78 is 1.72. The number of hydrogen-bond acceptors (Lipinski definition) is 4. The molecule has 3 aromatic rings. The van der Waals surface area contributed by atoms with E-state index in [1.807, 2.05) is 24.3 Å². The number of carbonyl (C=O) groups is 1. The predicted molar refractivity (Wildman–Crippen MR) is 104 cm³/mol. The van der Waals surface area contributed by atoms with Crippen molar-refractivity contribution in [3.05, 3.63) is 64.7 Å². The molecule has 6 heteroatoms. The fraction of sp³-hybridized carbons (Fsp3) is 0.381. The van der Waals surface area contributed by atoms with Crippen LogP contribution in [0.3, 0.4) is 0 Å². The third-order valence-corrected chi connectivity index (χ3v) is 5.63. The maximum atomic E-state index is 13.0. The summed E-state index contributed by atoms with van der Waals surface area (Å²) in [5.74, 6) is 0.0829. The number of Topliss-reactive ketones (excluding diaryl/α,β-unsaturated/α-hetero) is 1. The molecule has 0 saturated heterocycles. The molecule has 0 aromatic carbocycles. The molecule has 0 bridgehead atoms. The highest BCUT2D eigenvalue weighted by Crippen LogP contribution is 2.29. The second-order valence-corrected chi connectivity index (χ2v) is 7.67. The van der Waals surface area contributed by atoms with Gasteiger partial charge in [0.2, 0.25) is 0 Å². The average molecular weight is 384 g/mol. The van der Waals surface area contributed by atoms with E-state index in [-0.39, 0.29) is 17.8 Å². The number of carbonyl (C=O) groups excluding carboxylic acids is 1. The summed E-state index contributed by atoms with van der Waals surface area (Å²) in [5, 5.41) is 15.1. The van der Waals surface area contributed by atoms with Gasteiger partial charge in [0.25, 0.3) is 0 Å². The lowest BCUT2D eigenvalue weighted by atomic mass is 9.83. The minimum Gasteiger partial charge on any atom is -0.393 e. The number of pyridine rings is 1. The Hall–Kier alpha value is -2.24. The lowest BCUT2D eigenvalue weighted by Gasteiger charge is -2.26. The van der Waals surface area contributed by atoms with Crippen LogP contribution in [0.2, 0.25) is 5.15 Å². The molecule has 27 heavy (non-hydrogen) atoms. The summed E-state index contributed by atoms with van der Waals surface area (Å²) in [6.45, 7) is 0. The van der Waals surface area contributed by atoms with Gasteiger partial charge in [-0.25, -0.2) is 9.50 Å². The van der Waals surface area contributed by atoms with Gasteiger partial charge in [-0.1, -0.05) is 30.5 Å². The molecule has 0 radical (unpaired) electrons. The maximum absolute atomic E-state index is 13.0. The number of hydrogen-bond donors (Lipinski definition) is 1. The van der Waals surface area contributed by atoms with Crippen LogP contribution < -0.4 is 0 Å². The Labute approximate surface area is 163 Å². The molecule has 5 nitrogen and oxygen atoms in total. The number of rotatable bonds is 5. The third-order valence-electron chi connectivity index (χ3n) is 5.40. The molecule has 4 rings (SSSR count). The normalized spacial score (nSPS) is 20.1. The summed E-state index contributed by atoms with van der Waals surface area (Å²) >= 11 is 5.87. The lowest BCUT2D eigenvalue weighted by molar-refractivity contribution is 0.0580. The second kappa shape index (κ2) is 7.79. The van der Waals surface area contributed by atoms with Crippen LogP contribution in [0, 0.1) is 5.92 Å². The highest BCUT2D eigenvalue weighted by atomic mass is 35.5. The van der Waals surface area contributed by atoms with Crippen molar-refractivity contribution in [2.24, 2.45) is 5.92 Å². The Balaban J connectivity index is 1.63. The molecule has 1 saturated carbocycles. The number of aromatic nitrogens is 3. The molecule has 0 amide bonds. The minimum absolute atomic E-state index is 0.0372. The van der Waals surface area contributed by atoms with Crippen molar-refractivity contribution in [2.45, 2.75) is 44.6 Å². The molecule has 140 valence electrons. The van der Waals surface area contributed by atoms with E-state index in [1.165, 1.54) is 0 Å². The van der Waals surface area contributed by atoms with Crippen molar-refractivity contribution in [3.63, 3.8) is 0 Å². The van der Waals surface area contributed by atoms with Crippen LogP contribution in [-0.2, 0) is 6.42 Å². The summed E-state index contributed by atoms with van der Waals surface area (Å²) in [4.78, 5) is 17.1. The number of aliphatic hydroxyl groups is 1. The van der Waals surface area contributed by atoms with Crippen LogP contribution in [-0.4, -0.2) is 31.6 Å². The Morgan fingerprint density at radius 3 is 2.89 bits per heavy atom. The highest BCUT2D eigenvalue weighted by Gasteiger charge is 2.27. The molecular formula is C21H22ClN3O2. The molecule has 3 heterocycles. The zero-order valence-corrected chi connectivity index (χ0v) is 15.8. The Kier molecular flexibility index (Phi) is 5.23. The maximum Gasteiger partial charge on any atom is 0.181 e. The van der Waals surface area contributed by atoms with Crippen LogP contribution in [0.25, 0.3) is 5.52 Å². The summed E-state index contributed by atoms with van der Waals surface area (Å²) in [6, 6.07) is 9.48. The monoisotopic (exact) mass is 383 g/mol. The molecule has 1 aliphatic carbocycles. The van der Waals surface area contributed by atoms with E-state index in [9.17, 15) is 9.90 Å². The van der Waals surface area contributed by atoms with E-state index < -0.39 is 0 Å². The summed E-state index contributed by atoms with van der Waals surface area (Å²) in [7, 11) is 0. The van der Waals surface area contributed by atoms with Crippen molar-refractivity contribution >= 4 is 22.9 Å². The first kappa shape index (κ1) is 18.1. The number of ketones is 1. The lowest BCUT2D eigenvalue weighted by Crippen LogP contribution is -2.27.